The van der Waals surface area contributed by atoms with Crippen molar-refractivity contribution in [3.8, 4) is 16.9 Å². The largest absolute Gasteiger partial charge is 0.508 e. The lowest BCUT2D eigenvalue weighted by Gasteiger charge is -2.09. The summed E-state index contributed by atoms with van der Waals surface area (Å²) in [4.78, 5) is 8.44. The molecule has 2 aromatic heterocycles. The molecule has 26 heavy (non-hydrogen) atoms. The molecule has 4 rings (SSSR count). The van der Waals surface area contributed by atoms with Gasteiger partial charge in [0.15, 0.2) is 5.82 Å². The smallest absolute Gasteiger partial charge is 0.227 e. The third kappa shape index (κ3) is 3.23. The van der Waals surface area contributed by atoms with Crippen molar-refractivity contribution < 1.29 is 9.50 Å². The van der Waals surface area contributed by atoms with E-state index in [4.69, 9.17) is 0 Å². The number of aromatic hydroxyl groups is 1. The van der Waals surface area contributed by atoms with Gasteiger partial charge in [-0.25, -0.2) is 14.4 Å². The second kappa shape index (κ2) is 6.38. The molecule has 0 bridgehead atoms. The van der Waals surface area contributed by atoms with Gasteiger partial charge in [0.25, 0.3) is 0 Å². The maximum Gasteiger partial charge on any atom is 0.227 e. The summed E-state index contributed by atoms with van der Waals surface area (Å²) >= 11 is 3.25. The van der Waals surface area contributed by atoms with Crippen molar-refractivity contribution >= 4 is 38.5 Å². The van der Waals surface area contributed by atoms with Gasteiger partial charge in [0.05, 0.1) is 6.20 Å². The van der Waals surface area contributed by atoms with Gasteiger partial charge >= 0.3 is 0 Å². The van der Waals surface area contributed by atoms with Crippen molar-refractivity contribution in [3.63, 3.8) is 0 Å². The van der Waals surface area contributed by atoms with Crippen LogP contribution in [0.25, 0.3) is 22.0 Å². The van der Waals surface area contributed by atoms with Crippen LogP contribution >= 0.6 is 15.9 Å². The Hall–Kier alpha value is -3.00. The Bertz CT molecular complexity index is 1130. The molecule has 0 radical (unpaired) electrons. The molecule has 2 N–H and O–H groups in total. The predicted octanol–water partition coefficient (Wildman–Crippen LogP) is 4.38. The molecule has 130 valence electrons. The number of phenols is 1. The molecule has 0 fully saturated rings. The number of halogens is 2. The highest BCUT2D eigenvalue weighted by Crippen LogP contribution is 2.29. The Morgan fingerprint density at radius 3 is 2.73 bits per heavy atom. The van der Waals surface area contributed by atoms with Gasteiger partial charge in [-0.1, -0.05) is 15.9 Å². The average molecular weight is 414 g/mol. The van der Waals surface area contributed by atoms with Crippen LogP contribution in [0.3, 0.4) is 0 Å². The molecular formula is C18H13BrFN5O. The van der Waals surface area contributed by atoms with Crippen molar-refractivity contribution in [1.82, 2.24) is 19.7 Å². The molecule has 8 heteroatoms. The molecule has 6 nitrogen and oxygen atoms in total. The summed E-state index contributed by atoms with van der Waals surface area (Å²) in [6, 6.07) is 8.12. The highest BCUT2D eigenvalue weighted by molar-refractivity contribution is 9.10. The number of nitrogens with one attached hydrogen (secondary N) is 1. The third-order valence-corrected chi connectivity index (χ3v) is 4.27. The van der Waals surface area contributed by atoms with Gasteiger partial charge in [-0.3, -0.25) is 4.68 Å². The van der Waals surface area contributed by atoms with Crippen molar-refractivity contribution in [2.24, 2.45) is 7.05 Å². The zero-order valence-electron chi connectivity index (χ0n) is 13.6. The highest BCUT2D eigenvalue weighted by Gasteiger charge is 2.09. The van der Waals surface area contributed by atoms with Gasteiger partial charge in [0, 0.05) is 46.6 Å². The van der Waals surface area contributed by atoms with Crippen LogP contribution in [0.2, 0.25) is 0 Å². The van der Waals surface area contributed by atoms with E-state index in [-0.39, 0.29) is 17.2 Å². The first-order valence-electron chi connectivity index (χ1n) is 7.70. The monoisotopic (exact) mass is 413 g/mol. The number of phenolic OH excluding ortho intramolecular Hbond substituents is 1. The first-order chi connectivity index (χ1) is 12.5. The number of aryl methyl sites for hydroxylation is 1. The van der Waals surface area contributed by atoms with Crippen LogP contribution in [0.1, 0.15) is 0 Å². The summed E-state index contributed by atoms with van der Waals surface area (Å²) in [7, 11) is 1.82. The Balaban J connectivity index is 1.71. The van der Waals surface area contributed by atoms with E-state index in [1.165, 1.54) is 6.07 Å². The van der Waals surface area contributed by atoms with Crippen LogP contribution < -0.4 is 5.32 Å². The van der Waals surface area contributed by atoms with Gasteiger partial charge < -0.3 is 10.4 Å². The molecule has 2 aromatic carbocycles. The minimum Gasteiger partial charge on any atom is -0.508 e. The second-order valence-electron chi connectivity index (χ2n) is 5.82. The van der Waals surface area contributed by atoms with Gasteiger partial charge in [-0.15, -0.1) is 0 Å². The van der Waals surface area contributed by atoms with Gasteiger partial charge in [-0.2, -0.15) is 5.10 Å². The van der Waals surface area contributed by atoms with Crippen molar-refractivity contribution in [1.29, 1.82) is 0 Å². The molecular weight excluding hydrogens is 401 g/mol. The third-order valence-electron chi connectivity index (χ3n) is 3.81. The van der Waals surface area contributed by atoms with E-state index < -0.39 is 5.82 Å². The Labute approximate surface area is 156 Å². The molecule has 0 spiro atoms. The van der Waals surface area contributed by atoms with Crippen LogP contribution in [0, 0.1) is 5.82 Å². The molecule has 0 aliphatic carbocycles. The summed E-state index contributed by atoms with van der Waals surface area (Å²) in [5.41, 5.74) is 2.46. The number of nitrogens with zero attached hydrogens (tertiary/aromatic N) is 4. The summed E-state index contributed by atoms with van der Waals surface area (Å²) < 4.78 is 16.4. The maximum absolute atomic E-state index is 14.1. The lowest BCUT2D eigenvalue weighted by Crippen LogP contribution is -1.98. The van der Waals surface area contributed by atoms with Gasteiger partial charge in [0.1, 0.15) is 11.3 Å². The minimum absolute atomic E-state index is 0.0877. The number of hydrogen-bond acceptors (Lipinski definition) is 5. The van der Waals surface area contributed by atoms with Crippen LogP contribution in [0.4, 0.5) is 16.0 Å². The van der Waals surface area contributed by atoms with Crippen LogP contribution in [0.15, 0.2) is 53.4 Å². The van der Waals surface area contributed by atoms with E-state index >= 15 is 0 Å². The number of benzene rings is 2. The molecule has 0 atom stereocenters. The Kier molecular flexibility index (Phi) is 4.04. The Morgan fingerprint density at radius 1 is 1.12 bits per heavy atom. The number of anilines is 2. The summed E-state index contributed by atoms with van der Waals surface area (Å²) in [6.45, 7) is 0. The topological polar surface area (TPSA) is 75.9 Å². The van der Waals surface area contributed by atoms with Gasteiger partial charge in [0.2, 0.25) is 5.95 Å². The standard InChI is InChI=1S/C18H13BrFN5O/c1-25-9-12(8-22-25)10-3-14(6-15(26)4-10)23-18-21-7-11-2-13(19)5-16(20)17(11)24-18/h2-9,26H,1H3,(H,21,23,24). The van der Waals surface area contributed by atoms with E-state index in [0.29, 0.717) is 15.5 Å². The Morgan fingerprint density at radius 2 is 1.96 bits per heavy atom. The van der Waals surface area contributed by atoms with Crippen molar-refractivity contribution in [2.75, 3.05) is 5.32 Å². The van der Waals surface area contributed by atoms with Crippen molar-refractivity contribution in [3.05, 3.63) is 59.2 Å². The zero-order chi connectivity index (χ0) is 18.3. The summed E-state index contributed by atoms with van der Waals surface area (Å²) in [5.74, 6) is -0.113. The zero-order valence-corrected chi connectivity index (χ0v) is 15.2. The molecule has 0 saturated heterocycles. The van der Waals surface area contributed by atoms with E-state index in [2.05, 4.69) is 36.3 Å². The second-order valence-corrected chi connectivity index (χ2v) is 6.73. The number of aromatic nitrogens is 4. The first-order valence-corrected chi connectivity index (χ1v) is 8.49. The lowest BCUT2D eigenvalue weighted by molar-refractivity contribution is 0.476. The molecule has 0 aliphatic heterocycles. The van der Waals surface area contributed by atoms with Crippen LogP contribution in [0.5, 0.6) is 5.75 Å². The normalized spacial score (nSPS) is 11.0. The van der Waals surface area contributed by atoms with E-state index in [1.54, 1.807) is 35.3 Å². The van der Waals surface area contributed by atoms with E-state index in [0.717, 1.165) is 11.1 Å². The number of fused-ring (bicyclic) bond motifs is 1. The van der Waals surface area contributed by atoms with Gasteiger partial charge in [-0.05, 0) is 29.8 Å². The highest BCUT2D eigenvalue weighted by atomic mass is 79.9. The fourth-order valence-electron chi connectivity index (χ4n) is 2.68. The molecule has 2 heterocycles. The SMILES string of the molecule is Cn1cc(-c2cc(O)cc(Nc3ncc4cc(Br)cc(F)c4n3)c2)cn1. The maximum atomic E-state index is 14.1. The molecule has 0 saturated carbocycles. The van der Waals surface area contributed by atoms with Crippen LogP contribution in [-0.2, 0) is 7.05 Å². The molecule has 4 aromatic rings. The summed E-state index contributed by atoms with van der Waals surface area (Å²) in [5, 5.41) is 17.7. The van der Waals surface area contributed by atoms with E-state index in [1.807, 2.05) is 19.3 Å². The van der Waals surface area contributed by atoms with E-state index in [9.17, 15) is 9.50 Å². The fourth-order valence-corrected chi connectivity index (χ4v) is 3.12. The predicted molar refractivity (Wildman–Crippen MR) is 101 cm³/mol. The quantitative estimate of drug-likeness (QED) is 0.521. The number of rotatable bonds is 3. The molecule has 0 unspecified atom stereocenters. The lowest BCUT2D eigenvalue weighted by atomic mass is 10.1. The fraction of sp³-hybridized carbons (Fsp3) is 0.0556. The summed E-state index contributed by atoms with van der Waals surface area (Å²) in [6.07, 6.45) is 5.10. The number of hydrogen-bond donors (Lipinski definition) is 2. The first kappa shape index (κ1) is 16.5. The molecule has 0 aliphatic rings. The average Bonchev–Trinajstić information content (AvgIpc) is 3.01. The minimum atomic E-state index is -0.438. The molecule has 0 amide bonds. The van der Waals surface area contributed by atoms with Crippen molar-refractivity contribution in [2.45, 2.75) is 0 Å². The van der Waals surface area contributed by atoms with Crippen LogP contribution in [-0.4, -0.2) is 24.9 Å².